The average Bonchev–Trinajstić information content (AvgIpc) is 3.79. The van der Waals surface area contributed by atoms with Crippen molar-refractivity contribution in [1.29, 1.82) is 0 Å². The van der Waals surface area contributed by atoms with Crippen LogP contribution in [0.2, 0.25) is 0 Å². The van der Waals surface area contributed by atoms with Gasteiger partial charge in [-0.2, -0.15) is 0 Å². The second-order valence-electron chi connectivity index (χ2n) is 16.6. The van der Waals surface area contributed by atoms with Gasteiger partial charge in [0.2, 0.25) is 0 Å². The molecule has 0 atom stereocenters. The second kappa shape index (κ2) is 11.3. The molecule has 12 aromatic rings. The molecule has 0 saturated carbocycles. The van der Waals surface area contributed by atoms with Crippen LogP contribution in [0, 0.1) is 0 Å². The summed E-state index contributed by atoms with van der Waals surface area (Å²) in [4.78, 5) is 0. The van der Waals surface area contributed by atoms with Crippen LogP contribution in [0.1, 0.15) is 22.3 Å². The Morgan fingerprint density at radius 3 is 1.42 bits per heavy atom. The van der Waals surface area contributed by atoms with E-state index in [0.717, 1.165) is 0 Å². The van der Waals surface area contributed by atoms with Crippen LogP contribution in [0.4, 0.5) is 0 Å². The first-order valence-corrected chi connectivity index (χ1v) is 20.8. The Bertz CT molecular complexity index is 3710. The highest BCUT2D eigenvalue weighted by Crippen LogP contribution is 2.67. The lowest BCUT2D eigenvalue weighted by atomic mass is 9.68. The molecule has 2 aliphatic carbocycles. The van der Waals surface area contributed by atoms with Crippen molar-refractivity contribution in [3.8, 4) is 44.5 Å². The van der Waals surface area contributed by atoms with E-state index in [4.69, 9.17) is 0 Å². The minimum atomic E-state index is -0.498. The molecule has 1 spiro atoms. The van der Waals surface area contributed by atoms with Crippen LogP contribution in [0.25, 0.3) is 109 Å². The molecule has 0 N–H and O–H groups in total. The summed E-state index contributed by atoms with van der Waals surface area (Å²) in [5.41, 5.74) is 15.4. The van der Waals surface area contributed by atoms with Gasteiger partial charge in [0.1, 0.15) is 0 Å². The van der Waals surface area contributed by atoms with Crippen LogP contribution >= 0.6 is 0 Å². The number of hydrogen-bond acceptors (Lipinski definition) is 0. The molecule has 270 valence electrons. The summed E-state index contributed by atoms with van der Waals surface area (Å²) >= 11 is 0. The molecule has 0 bridgehead atoms. The quantitative estimate of drug-likeness (QED) is 0.155. The van der Waals surface area contributed by atoms with Crippen LogP contribution in [-0.4, -0.2) is 0 Å². The van der Waals surface area contributed by atoms with Crippen LogP contribution in [0.15, 0.2) is 206 Å². The highest BCUT2D eigenvalue weighted by Gasteiger charge is 2.53. The van der Waals surface area contributed by atoms with Crippen LogP contribution < -0.4 is 0 Å². The van der Waals surface area contributed by atoms with E-state index in [1.54, 1.807) is 0 Å². The second-order valence-corrected chi connectivity index (χ2v) is 16.6. The molecule has 12 aromatic carbocycles. The molecule has 0 heterocycles. The van der Waals surface area contributed by atoms with E-state index in [-0.39, 0.29) is 0 Å². The van der Waals surface area contributed by atoms with Gasteiger partial charge in [-0.15, -0.1) is 0 Å². The van der Waals surface area contributed by atoms with Crippen molar-refractivity contribution in [3.63, 3.8) is 0 Å². The molecule has 2 aliphatic rings. The van der Waals surface area contributed by atoms with Crippen LogP contribution in [0.3, 0.4) is 0 Å². The predicted octanol–water partition coefficient (Wildman–Crippen LogP) is 15.7. The third kappa shape index (κ3) is 3.89. The molecule has 0 nitrogen and oxygen atoms in total. The fraction of sp³-hybridized carbons (Fsp3) is 0.0169. The number of fused-ring (bicyclic) bond motifs is 17. The van der Waals surface area contributed by atoms with Crippen molar-refractivity contribution in [2.45, 2.75) is 5.41 Å². The Morgan fingerprint density at radius 1 is 0.254 bits per heavy atom. The van der Waals surface area contributed by atoms with Gasteiger partial charge in [0, 0.05) is 0 Å². The molecule has 0 aromatic heterocycles. The lowest BCUT2D eigenvalue weighted by Gasteiger charge is -2.32. The highest BCUT2D eigenvalue weighted by atomic mass is 14.5. The van der Waals surface area contributed by atoms with E-state index >= 15 is 0 Å². The molecule has 0 heteroatoms. The Kier molecular flexibility index (Phi) is 6.05. The summed E-state index contributed by atoms with van der Waals surface area (Å²) in [5, 5.41) is 15.7. The summed E-state index contributed by atoms with van der Waals surface area (Å²) < 4.78 is 0. The molecular formula is C59H34. The topological polar surface area (TPSA) is 0 Å². The summed E-state index contributed by atoms with van der Waals surface area (Å²) in [5.74, 6) is 0. The summed E-state index contributed by atoms with van der Waals surface area (Å²) in [6, 6.07) is 78.1. The molecule has 0 fully saturated rings. The standard InChI is InChI=1S/C59H34/c1-5-20-47-41(14-1)42-15-3-6-21-49(42)58-57(47)56-46-19-4-2-16-43(46)50(34-53(56)59(58)51-22-9-7-17-44(51)45-18-8-10-23-52(45)59)36-26-24-35(25-27-36)40-32-30-39-29-28-37-12-11-13-38-31-33-48(40)55(39)54(37)38/h1-34H. The van der Waals surface area contributed by atoms with Gasteiger partial charge in [-0.1, -0.05) is 200 Å². The first-order valence-electron chi connectivity index (χ1n) is 20.8. The third-order valence-electron chi connectivity index (χ3n) is 14.0. The maximum Gasteiger partial charge on any atom is 0.0732 e. The summed E-state index contributed by atoms with van der Waals surface area (Å²) in [7, 11) is 0. The van der Waals surface area contributed by atoms with Crippen molar-refractivity contribution in [1.82, 2.24) is 0 Å². The SMILES string of the molecule is c1ccc2c(c1)-c1ccccc1C21c2cc(-c3ccc(-c4ccc5ccc6cccc7ccc4c5c67)cc3)c3ccccc3c2-c2c1c1ccccc1c1ccccc21. The van der Waals surface area contributed by atoms with E-state index in [0.29, 0.717) is 0 Å². The third-order valence-corrected chi connectivity index (χ3v) is 14.0. The molecule has 0 aliphatic heterocycles. The highest BCUT2D eigenvalue weighted by molar-refractivity contribution is 6.26. The number of benzene rings is 12. The van der Waals surface area contributed by atoms with Crippen molar-refractivity contribution in [2.75, 3.05) is 0 Å². The van der Waals surface area contributed by atoms with E-state index in [2.05, 4.69) is 206 Å². The predicted molar refractivity (Wildman–Crippen MR) is 250 cm³/mol. The van der Waals surface area contributed by atoms with Crippen molar-refractivity contribution in [2.24, 2.45) is 0 Å². The Morgan fingerprint density at radius 2 is 0.746 bits per heavy atom. The van der Waals surface area contributed by atoms with E-state index in [1.807, 2.05) is 0 Å². The van der Waals surface area contributed by atoms with E-state index in [9.17, 15) is 0 Å². The normalized spacial score (nSPS) is 13.6. The maximum absolute atomic E-state index is 2.57. The largest absolute Gasteiger partial charge is 0.0732 e. The van der Waals surface area contributed by atoms with Crippen LogP contribution in [0.5, 0.6) is 0 Å². The zero-order chi connectivity index (χ0) is 38.4. The van der Waals surface area contributed by atoms with Crippen molar-refractivity contribution >= 4 is 64.6 Å². The van der Waals surface area contributed by atoms with Gasteiger partial charge in [-0.3, -0.25) is 0 Å². The van der Waals surface area contributed by atoms with E-state index in [1.165, 1.54) is 131 Å². The molecule has 0 saturated heterocycles. The first-order chi connectivity index (χ1) is 29.3. The fourth-order valence-electron chi connectivity index (χ4n) is 11.7. The molecule has 0 unspecified atom stereocenters. The van der Waals surface area contributed by atoms with E-state index < -0.39 is 5.41 Å². The zero-order valence-corrected chi connectivity index (χ0v) is 32.1. The molecule has 0 radical (unpaired) electrons. The fourth-order valence-corrected chi connectivity index (χ4v) is 11.7. The van der Waals surface area contributed by atoms with Gasteiger partial charge in [-0.25, -0.2) is 0 Å². The minimum Gasteiger partial charge on any atom is -0.0619 e. The van der Waals surface area contributed by atoms with Gasteiger partial charge in [0.15, 0.2) is 0 Å². The monoisotopic (exact) mass is 742 g/mol. The van der Waals surface area contributed by atoms with Gasteiger partial charge in [0.25, 0.3) is 0 Å². The van der Waals surface area contributed by atoms with Gasteiger partial charge in [-0.05, 0) is 137 Å². The molecule has 0 amide bonds. The number of rotatable bonds is 2. The van der Waals surface area contributed by atoms with Crippen molar-refractivity contribution < 1.29 is 0 Å². The number of hydrogen-bond donors (Lipinski definition) is 0. The Balaban J connectivity index is 1.07. The van der Waals surface area contributed by atoms with Gasteiger partial charge < -0.3 is 0 Å². The maximum atomic E-state index is 2.57. The Labute approximate surface area is 341 Å². The lowest BCUT2D eigenvalue weighted by Crippen LogP contribution is -2.26. The summed E-state index contributed by atoms with van der Waals surface area (Å²) in [6.07, 6.45) is 0. The van der Waals surface area contributed by atoms with Gasteiger partial charge in [0.05, 0.1) is 5.41 Å². The van der Waals surface area contributed by atoms with Gasteiger partial charge >= 0.3 is 0 Å². The van der Waals surface area contributed by atoms with Crippen LogP contribution in [-0.2, 0) is 5.41 Å². The van der Waals surface area contributed by atoms with Crippen molar-refractivity contribution in [3.05, 3.63) is 229 Å². The molecule has 59 heavy (non-hydrogen) atoms. The first kappa shape index (κ1) is 31.5. The average molecular weight is 743 g/mol. The zero-order valence-electron chi connectivity index (χ0n) is 32.1. The lowest BCUT2D eigenvalue weighted by molar-refractivity contribution is 0.803. The minimum absolute atomic E-state index is 0.498. The summed E-state index contributed by atoms with van der Waals surface area (Å²) in [6.45, 7) is 0. The molecule has 14 rings (SSSR count). The Hall–Kier alpha value is -7.54. The molecular weight excluding hydrogens is 709 g/mol. The smallest absolute Gasteiger partial charge is 0.0619 e.